The molecular formula is C11H16N2O5S2. The van der Waals surface area contributed by atoms with Gasteiger partial charge in [0.1, 0.15) is 5.69 Å². The summed E-state index contributed by atoms with van der Waals surface area (Å²) >= 11 is 1.23. The minimum absolute atomic E-state index is 0.00391. The summed E-state index contributed by atoms with van der Waals surface area (Å²) in [5, 5.41) is 0. The molecule has 1 amide bonds. The molecule has 9 heteroatoms. The molecule has 0 fully saturated rings. The molecule has 1 heterocycles. The van der Waals surface area contributed by atoms with E-state index in [0.717, 1.165) is 6.26 Å². The zero-order chi connectivity index (χ0) is 15.3. The minimum atomic E-state index is -3.78. The van der Waals surface area contributed by atoms with Gasteiger partial charge in [0.15, 0.2) is 0 Å². The Balaban J connectivity index is 3.38. The highest BCUT2D eigenvalue weighted by molar-refractivity contribution is 7.99. The highest BCUT2D eigenvalue weighted by Crippen LogP contribution is 2.30. The van der Waals surface area contributed by atoms with Crippen LogP contribution in [0.4, 0.5) is 5.69 Å². The van der Waals surface area contributed by atoms with Gasteiger partial charge in [-0.1, -0.05) is 0 Å². The van der Waals surface area contributed by atoms with Crippen LogP contribution in [0.25, 0.3) is 0 Å². The van der Waals surface area contributed by atoms with Crippen molar-refractivity contribution in [1.29, 1.82) is 0 Å². The first-order chi connectivity index (χ1) is 9.35. The van der Waals surface area contributed by atoms with Gasteiger partial charge in [-0.05, 0) is 12.3 Å². The van der Waals surface area contributed by atoms with Crippen molar-refractivity contribution in [3.05, 3.63) is 12.1 Å². The molecule has 0 saturated carbocycles. The van der Waals surface area contributed by atoms with Gasteiger partial charge in [0, 0.05) is 6.07 Å². The molecule has 0 N–H and O–H groups in total. The van der Waals surface area contributed by atoms with Crippen LogP contribution in [0.5, 0.6) is 11.8 Å². The quantitative estimate of drug-likeness (QED) is 0.764. The van der Waals surface area contributed by atoms with E-state index in [4.69, 9.17) is 9.47 Å². The maximum Gasteiger partial charge on any atom is 0.250 e. The molecule has 0 aliphatic heterocycles. The molecule has 1 aromatic heterocycles. The second kappa shape index (κ2) is 6.80. The molecule has 0 unspecified atom stereocenters. The highest BCUT2D eigenvalue weighted by Gasteiger charge is 2.28. The monoisotopic (exact) mass is 320 g/mol. The molecule has 1 rings (SSSR count). The lowest BCUT2D eigenvalue weighted by Gasteiger charge is -2.21. The van der Waals surface area contributed by atoms with E-state index in [9.17, 15) is 13.2 Å². The molecule has 0 aliphatic rings. The van der Waals surface area contributed by atoms with Crippen molar-refractivity contribution in [2.24, 2.45) is 0 Å². The van der Waals surface area contributed by atoms with Crippen molar-refractivity contribution < 1.29 is 22.7 Å². The van der Waals surface area contributed by atoms with Gasteiger partial charge in [0.05, 0.1) is 26.2 Å². The number of pyridine rings is 1. The van der Waals surface area contributed by atoms with Gasteiger partial charge in [-0.25, -0.2) is 12.7 Å². The number of aromatic nitrogens is 1. The van der Waals surface area contributed by atoms with Crippen LogP contribution in [0.2, 0.25) is 0 Å². The molecule has 0 spiro atoms. The fraction of sp³-hybridized carbons (Fsp3) is 0.455. The maximum atomic E-state index is 12.0. The summed E-state index contributed by atoms with van der Waals surface area (Å²) in [6, 6.07) is 2.88. The number of thioether (sulfide) groups is 1. The molecule has 20 heavy (non-hydrogen) atoms. The Morgan fingerprint density at radius 3 is 2.45 bits per heavy atom. The van der Waals surface area contributed by atoms with E-state index >= 15 is 0 Å². The first kappa shape index (κ1) is 16.6. The SMILES string of the molecule is COc1ccc(N(C(=O)CSC)S(C)(=O)=O)c(OC)n1. The van der Waals surface area contributed by atoms with E-state index < -0.39 is 15.9 Å². The van der Waals surface area contributed by atoms with Gasteiger partial charge < -0.3 is 9.47 Å². The topological polar surface area (TPSA) is 85.8 Å². The third-order valence-corrected chi connectivity index (χ3v) is 3.86. The Kier molecular flexibility index (Phi) is 5.63. The number of sulfonamides is 1. The zero-order valence-electron chi connectivity index (χ0n) is 11.6. The molecular weight excluding hydrogens is 304 g/mol. The highest BCUT2D eigenvalue weighted by atomic mass is 32.2. The van der Waals surface area contributed by atoms with Crippen molar-refractivity contribution in [2.45, 2.75) is 0 Å². The van der Waals surface area contributed by atoms with E-state index in [1.165, 1.54) is 38.1 Å². The zero-order valence-corrected chi connectivity index (χ0v) is 13.2. The molecule has 0 aromatic carbocycles. The number of amides is 1. The Morgan fingerprint density at radius 2 is 2.00 bits per heavy atom. The van der Waals surface area contributed by atoms with Crippen molar-refractivity contribution in [3.8, 4) is 11.8 Å². The van der Waals surface area contributed by atoms with E-state index in [2.05, 4.69) is 4.98 Å². The lowest BCUT2D eigenvalue weighted by molar-refractivity contribution is -0.115. The molecule has 1 aromatic rings. The minimum Gasteiger partial charge on any atom is -0.481 e. The molecule has 0 aliphatic carbocycles. The fourth-order valence-electron chi connectivity index (χ4n) is 1.51. The summed E-state index contributed by atoms with van der Waals surface area (Å²) in [6.07, 6.45) is 2.66. The normalized spacial score (nSPS) is 11.0. The summed E-state index contributed by atoms with van der Waals surface area (Å²) in [5.74, 6) is -0.270. The van der Waals surface area contributed by atoms with E-state index in [-0.39, 0.29) is 23.2 Å². The smallest absolute Gasteiger partial charge is 0.250 e. The van der Waals surface area contributed by atoms with Crippen LogP contribution in [-0.4, -0.2) is 51.8 Å². The van der Waals surface area contributed by atoms with Crippen LogP contribution in [0, 0.1) is 0 Å². The molecule has 112 valence electrons. The predicted octanol–water partition coefficient (Wildman–Crippen LogP) is 0.754. The number of hydrogen-bond donors (Lipinski definition) is 0. The second-order valence-corrected chi connectivity index (χ2v) is 6.43. The summed E-state index contributed by atoms with van der Waals surface area (Å²) in [4.78, 5) is 16.0. The van der Waals surface area contributed by atoms with E-state index in [0.29, 0.717) is 4.31 Å². The van der Waals surface area contributed by atoms with Crippen LogP contribution >= 0.6 is 11.8 Å². The summed E-state index contributed by atoms with van der Waals surface area (Å²) in [7, 11) is -1.02. The van der Waals surface area contributed by atoms with Gasteiger partial charge in [0.2, 0.25) is 21.8 Å². The lowest BCUT2D eigenvalue weighted by atomic mass is 10.4. The van der Waals surface area contributed by atoms with Crippen molar-refractivity contribution >= 4 is 33.4 Å². The Hall–Kier alpha value is -1.48. The first-order valence-electron chi connectivity index (χ1n) is 5.46. The van der Waals surface area contributed by atoms with Gasteiger partial charge in [-0.3, -0.25) is 4.79 Å². The van der Waals surface area contributed by atoms with Gasteiger partial charge in [-0.15, -0.1) is 0 Å². The number of hydrogen-bond acceptors (Lipinski definition) is 7. The van der Waals surface area contributed by atoms with Gasteiger partial charge in [-0.2, -0.15) is 16.7 Å². The predicted molar refractivity (Wildman–Crippen MR) is 78.1 cm³/mol. The summed E-state index contributed by atoms with van der Waals surface area (Å²) < 4.78 is 34.4. The largest absolute Gasteiger partial charge is 0.481 e. The number of methoxy groups -OCH3 is 2. The Bertz CT molecular complexity index is 588. The number of ether oxygens (including phenoxy) is 2. The van der Waals surface area contributed by atoms with Crippen LogP contribution < -0.4 is 13.8 Å². The molecule has 0 bridgehead atoms. The number of anilines is 1. The van der Waals surface area contributed by atoms with E-state index in [1.807, 2.05) is 0 Å². The number of rotatable bonds is 6. The Morgan fingerprint density at radius 1 is 1.35 bits per heavy atom. The van der Waals surface area contributed by atoms with Crippen molar-refractivity contribution in [3.63, 3.8) is 0 Å². The van der Waals surface area contributed by atoms with Crippen molar-refractivity contribution in [1.82, 2.24) is 4.98 Å². The van der Waals surface area contributed by atoms with Crippen LogP contribution in [0.15, 0.2) is 12.1 Å². The maximum absolute atomic E-state index is 12.0. The number of carbonyl (C=O) groups is 1. The van der Waals surface area contributed by atoms with Crippen molar-refractivity contribution in [2.75, 3.05) is 36.8 Å². The van der Waals surface area contributed by atoms with Gasteiger partial charge in [0.25, 0.3) is 5.91 Å². The number of nitrogens with zero attached hydrogens (tertiary/aromatic N) is 2. The number of carbonyl (C=O) groups excluding carboxylic acids is 1. The fourth-order valence-corrected chi connectivity index (χ4v) is 2.90. The standard InChI is InChI=1S/C11H16N2O5S2/c1-17-9-6-5-8(11(12-9)18-2)13(20(4,15)16)10(14)7-19-3/h5-6H,7H2,1-4H3. The molecule has 0 saturated heterocycles. The van der Waals surface area contributed by atoms with Crippen LogP contribution in [0.1, 0.15) is 0 Å². The third-order valence-electron chi connectivity index (χ3n) is 2.26. The van der Waals surface area contributed by atoms with Gasteiger partial charge >= 0.3 is 0 Å². The third kappa shape index (κ3) is 3.76. The van der Waals surface area contributed by atoms with E-state index in [1.54, 1.807) is 6.26 Å². The summed E-state index contributed by atoms with van der Waals surface area (Å²) in [6.45, 7) is 0. The first-order valence-corrected chi connectivity index (χ1v) is 8.70. The van der Waals surface area contributed by atoms with Crippen LogP contribution in [-0.2, 0) is 14.8 Å². The average molecular weight is 320 g/mol. The molecule has 7 nitrogen and oxygen atoms in total. The molecule has 0 radical (unpaired) electrons. The lowest BCUT2D eigenvalue weighted by Crippen LogP contribution is -2.37. The molecule has 0 atom stereocenters. The summed E-state index contributed by atoms with van der Waals surface area (Å²) in [5.41, 5.74) is 0.0647. The van der Waals surface area contributed by atoms with Crippen LogP contribution in [0.3, 0.4) is 0 Å². The second-order valence-electron chi connectivity index (χ2n) is 3.74. The average Bonchev–Trinajstić information content (AvgIpc) is 2.38. The Labute approximate surface area is 122 Å².